The van der Waals surface area contributed by atoms with E-state index in [1.165, 1.54) is 26.4 Å². The molecule has 1 aromatic rings. The van der Waals surface area contributed by atoms with Gasteiger partial charge in [-0.3, -0.25) is 4.21 Å². The number of benzene rings is 1. The van der Waals surface area contributed by atoms with E-state index in [9.17, 15) is 8.76 Å². The van der Waals surface area contributed by atoms with Crippen molar-refractivity contribution >= 4 is 11.1 Å². The maximum atomic E-state index is 10.7. The van der Waals surface area contributed by atoms with Crippen LogP contribution < -0.4 is 9.47 Å². The second-order valence-electron chi connectivity index (χ2n) is 2.25. The summed E-state index contributed by atoms with van der Waals surface area (Å²) in [6, 6.07) is 4.51. The van der Waals surface area contributed by atoms with Gasteiger partial charge in [0.25, 0.3) is 0 Å². The smallest absolute Gasteiger partial charge is 0.137 e. The largest absolute Gasteiger partial charge is 0.768 e. The van der Waals surface area contributed by atoms with Gasteiger partial charge in [0.15, 0.2) is 0 Å². The third kappa shape index (κ3) is 2.19. The molecule has 0 fully saturated rings. The van der Waals surface area contributed by atoms with E-state index in [-0.39, 0.29) is 10.6 Å². The second-order valence-corrected chi connectivity index (χ2v) is 3.16. The van der Waals surface area contributed by atoms with Crippen LogP contribution in [0, 0.1) is 0 Å². The van der Waals surface area contributed by atoms with Crippen LogP contribution in [0.1, 0.15) is 0 Å². The molecule has 13 heavy (non-hydrogen) atoms. The normalized spacial score (nSPS) is 12.2. The molecule has 0 amide bonds. The topological polar surface area (TPSA) is 58.6 Å². The van der Waals surface area contributed by atoms with Crippen LogP contribution in [0.4, 0.5) is 0 Å². The maximum absolute atomic E-state index is 10.7. The molecule has 0 radical (unpaired) electrons. The van der Waals surface area contributed by atoms with Crippen LogP contribution in [0.15, 0.2) is 23.1 Å². The van der Waals surface area contributed by atoms with Gasteiger partial charge in [-0.25, -0.2) is 0 Å². The number of hydrogen-bond acceptors (Lipinski definition) is 4. The standard InChI is InChI=1S/C8H10O4S/c1-11-6-3-4-8(13(9)10)7(5-6)12-2/h3-5H,1-2H3,(H,9,10)/p-1. The van der Waals surface area contributed by atoms with Gasteiger partial charge in [0.2, 0.25) is 0 Å². The van der Waals surface area contributed by atoms with Gasteiger partial charge in [0, 0.05) is 6.07 Å². The molecule has 1 atom stereocenters. The monoisotopic (exact) mass is 201 g/mol. The van der Waals surface area contributed by atoms with Gasteiger partial charge >= 0.3 is 0 Å². The number of rotatable bonds is 3. The van der Waals surface area contributed by atoms with Crippen LogP contribution in [-0.4, -0.2) is 23.0 Å². The summed E-state index contributed by atoms with van der Waals surface area (Å²) in [5.74, 6) is 0.846. The maximum Gasteiger partial charge on any atom is 0.137 e. The zero-order valence-corrected chi connectivity index (χ0v) is 8.09. The van der Waals surface area contributed by atoms with E-state index >= 15 is 0 Å². The Labute approximate surface area is 78.8 Å². The van der Waals surface area contributed by atoms with Gasteiger partial charge in [-0.1, -0.05) is 0 Å². The van der Waals surface area contributed by atoms with Crippen LogP contribution >= 0.6 is 0 Å². The fourth-order valence-corrected chi connectivity index (χ4v) is 1.40. The average molecular weight is 201 g/mol. The molecule has 0 heterocycles. The van der Waals surface area contributed by atoms with Gasteiger partial charge in [-0.2, -0.15) is 0 Å². The Morgan fingerprint density at radius 1 is 1.31 bits per heavy atom. The second kappa shape index (κ2) is 4.25. The molecule has 0 aliphatic heterocycles. The van der Waals surface area contributed by atoms with Crippen LogP contribution in [0.25, 0.3) is 0 Å². The molecule has 0 aliphatic rings. The molecule has 1 aromatic carbocycles. The van der Waals surface area contributed by atoms with Crippen LogP contribution in [0.2, 0.25) is 0 Å². The lowest BCUT2D eigenvalue weighted by Gasteiger charge is -2.11. The molecule has 72 valence electrons. The van der Waals surface area contributed by atoms with E-state index < -0.39 is 11.1 Å². The molecular formula is C8H9O4S-. The van der Waals surface area contributed by atoms with Gasteiger partial charge in [0.05, 0.1) is 19.1 Å². The highest BCUT2D eigenvalue weighted by molar-refractivity contribution is 7.79. The minimum absolute atomic E-state index is 0.128. The zero-order chi connectivity index (χ0) is 9.84. The quantitative estimate of drug-likeness (QED) is 0.683. The molecule has 5 heteroatoms. The molecule has 0 aliphatic carbocycles. The van der Waals surface area contributed by atoms with Crippen molar-refractivity contribution in [3.63, 3.8) is 0 Å². The summed E-state index contributed by atoms with van der Waals surface area (Å²) in [7, 11) is 2.91. The lowest BCUT2D eigenvalue weighted by molar-refractivity contribution is 0.385. The Morgan fingerprint density at radius 2 is 2.00 bits per heavy atom. The molecule has 1 rings (SSSR count). The Morgan fingerprint density at radius 3 is 2.46 bits per heavy atom. The zero-order valence-electron chi connectivity index (χ0n) is 7.27. The van der Waals surface area contributed by atoms with Crippen molar-refractivity contribution in [3.8, 4) is 11.5 Å². The summed E-state index contributed by atoms with van der Waals surface area (Å²) in [4.78, 5) is 0.128. The van der Waals surface area contributed by atoms with E-state index in [0.717, 1.165) is 0 Å². The Hall–Kier alpha value is -1.07. The van der Waals surface area contributed by atoms with Crippen LogP contribution in [0.3, 0.4) is 0 Å². The first kappa shape index (κ1) is 10.0. The lowest BCUT2D eigenvalue weighted by Crippen LogP contribution is -1.95. The predicted octanol–water partition coefficient (Wildman–Crippen LogP) is 0.942. The minimum atomic E-state index is -2.28. The lowest BCUT2D eigenvalue weighted by atomic mass is 10.3. The van der Waals surface area contributed by atoms with Gasteiger partial charge < -0.3 is 14.0 Å². The molecule has 0 spiro atoms. The first-order valence-electron chi connectivity index (χ1n) is 3.50. The molecule has 1 unspecified atom stereocenters. The number of methoxy groups -OCH3 is 2. The van der Waals surface area contributed by atoms with Crippen LogP contribution in [-0.2, 0) is 11.1 Å². The SMILES string of the molecule is COc1ccc(S(=O)[O-])c(OC)c1. The number of ether oxygens (including phenoxy) is 2. The molecule has 4 nitrogen and oxygen atoms in total. The van der Waals surface area contributed by atoms with E-state index in [4.69, 9.17) is 9.47 Å². The molecule has 0 saturated heterocycles. The van der Waals surface area contributed by atoms with E-state index in [1.807, 2.05) is 0 Å². The van der Waals surface area contributed by atoms with Crippen molar-refractivity contribution in [3.05, 3.63) is 18.2 Å². The van der Waals surface area contributed by atoms with Crippen molar-refractivity contribution in [2.45, 2.75) is 4.90 Å². The van der Waals surface area contributed by atoms with Gasteiger partial charge in [-0.15, -0.1) is 0 Å². The fraction of sp³-hybridized carbons (Fsp3) is 0.250. The van der Waals surface area contributed by atoms with Gasteiger partial charge in [0.1, 0.15) is 11.5 Å². The summed E-state index contributed by atoms with van der Waals surface area (Å²) >= 11 is -2.28. The summed E-state index contributed by atoms with van der Waals surface area (Å²) in [5, 5.41) is 0. The first-order valence-corrected chi connectivity index (χ1v) is 4.58. The third-order valence-corrected chi connectivity index (χ3v) is 2.25. The van der Waals surface area contributed by atoms with Gasteiger partial charge in [-0.05, 0) is 23.2 Å². The van der Waals surface area contributed by atoms with Crippen molar-refractivity contribution in [1.29, 1.82) is 0 Å². The number of hydrogen-bond donors (Lipinski definition) is 0. The van der Waals surface area contributed by atoms with Crippen LogP contribution in [0.5, 0.6) is 11.5 Å². The van der Waals surface area contributed by atoms with Crippen molar-refractivity contribution < 1.29 is 18.2 Å². The van der Waals surface area contributed by atoms with Crippen molar-refractivity contribution in [2.24, 2.45) is 0 Å². The average Bonchev–Trinajstić information content (AvgIpc) is 2.16. The highest BCUT2D eigenvalue weighted by atomic mass is 32.2. The van der Waals surface area contributed by atoms with E-state index in [0.29, 0.717) is 5.75 Å². The van der Waals surface area contributed by atoms with Crippen molar-refractivity contribution in [1.82, 2.24) is 0 Å². The molecule has 0 bridgehead atoms. The van der Waals surface area contributed by atoms with E-state index in [2.05, 4.69) is 0 Å². The third-order valence-electron chi connectivity index (χ3n) is 1.55. The minimum Gasteiger partial charge on any atom is -0.768 e. The Kier molecular flexibility index (Phi) is 3.27. The molecule has 0 aromatic heterocycles. The molecular weight excluding hydrogens is 192 g/mol. The predicted molar refractivity (Wildman–Crippen MR) is 46.7 cm³/mol. The highest BCUT2D eigenvalue weighted by Crippen LogP contribution is 2.26. The van der Waals surface area contributed by atoms with Crippen molar-refractivity contribution in [2.75, 3.05) is 14.2 Å². The summed E-state index contributed by atoms with van der Waals surface area (Å²) in [5.41, 5.74) is 0. The first-order chi connectivity index (χ1) is 6.19. The Balaban J connectivity index is 3.15. The molecule has 0 saturated carbocycles. The van der Waals surface area contributed by atoms with E-state index in [1.54, 1.807) is 6.07 Å². The summed E-state index contributed by atoms with van der Waals surface area (Å²) < 4.78 is 31.1. The molecule has 0 N–H and O–H groups in total. The summed E-state index contributed by atoms with van der Waals surface area (Å²) in [6.07, 6.45) is 0. The highest BCUT2D eigenvalue weighted by Gasteiger charge is 2.04. The Bertz CT molecular complexity index is 324. The summed E-state index contributed by atoms with van der Waals surface area (Å²) in [6.45, 7) is 0. The fourth-order valence-electron chi connectivity index (χ4n) is 0.913.